The lowest BCUT2D eigenvalue weighted by Crippen LogP contribution is -2.48. The van der Waals surface area contributed by atoms with Crippen LogP contribution in [0.1, 0.15) is 25.7 Å². The van der Waals surface area contributed by atoms with Crippen LogP contribution in [0.3, 0.4) is 0 Å². The molecule has 20 heavy (non-hydrogen) atoms. The van der Waals surface area contributed by atoms with Crippen LogP contribution in [0.2, 0.25) is 0 Å². The highest BCUT2D eigenvalue weighted by Crippen LogP contribution is 2.14. The first-order chi connectivity index (χ1) is 9.69. The fourth-order valence-electron chi connectivity index (χ4n) is 2.52. The van der Waals surface area contributed by atoms with Gasteiger partial charge in [-0.1, -0.05) is 0 Å². The van der Waals surface area contributed by atoms with E-state index in [9.17, 15) is 9.59 Å². The second kappa shape index (κ2) is 7.59. The zero-order valence-corrected chi connectivity index (χ0v) is 12.2. The maximum Gasteiger partial charge on any atom is 0.306 e. The van der Waals surface area contributed by atoms with Gasteiger partial charge in [-0.25, -0.2) is 0 Å². The van der Waals surface area contributed by atoms with Crippen molar-refractivity contribution in [3.63, 3.8) is 0 Å². The van der Waals surface area contributed by atoms with Gasteiger partial charge in [0.25, 0.3) is 0 Å². The maximum absolute atomic E-state index is 12.1. The highest BCUT2D eigenvalue weighted by Gasteiger charge is 2.25. The first-order valence-corrected chi connectivity index (χ1v) is 7.37. The third kappa shape index (κ3) is 4.45. The second-order valence-corrected chi connectivity index (χ2v) is 5.43. The Morgan fingerprint density at radius 2 is 2.15 bits per heavy atom. The van der Waals surface area contributed by atoms with Crippen molar-refractivity contribution in [1.29, 1.82) is 0 Å². The van der Waals surface area contributed by atoms with Crippen molar-refractivity contribution in [2.45, 2.75) is 31.8 Å². The number of carbonyl (C=O) groups excluding carboxylic acids is 2. The molecule has 2 aliphatic heterocycles. The molecule has 0 saturated carbocycles. The lowest BCUT2D eigenvalue weighted by atomic mass is 10.2. The Balaban J connectivity index is 1.80. The number of ether oxygens (including phenoxy) is 2. The summed E-state index contributed by atoms with van der Waals surface area (Å²) in [4.78, 5) is 27.2. The van der Waals surface area contributed by atoms with E-state index in [4.69, 9.17) is 4.74 Å². The van der Waals surface area contributed by atoms with Crippen molar-refractivity contribution in [2.75, 3.05) is 46.4 Å². The fourth-order valence-corrected chi connectivity index (χ4v) is 2.52. The molecule has 1 amide bonds. The van der Waals surface area contributed by atoms with Gasteiger partial charge < -0.3 is 14.4 Å². The zero-order valence-electron chi connectivity index (χ0n) is 12.2. The molecule has 0 aromatic heterocycles. The minimum atomic E-state index is -0.237. The van der Waals surface area contributed by atoms with Gasteiger partial charge in [0, 0.05) is 32.8 Å². The van der Waals surface area contributed by atoms with Crippen molar-refractivity contribution in [1.82, 2.24) is 9.80 Å². The molecular formula is C14H24N2O4. The molecule has 6 nitrogen and oxygen atoms in total. The molecule has 2 rings (SSSR count). The van der Waals surface area contributed by atoms with Crippen LogP contribution in [-0.4, -0.2) is 74.2 Å². The van der Waals surface area contributed by atoms with Crippen molar-refractivity contribution in [2.24, 2.45) is 0 Å². The topological polar surface area (TPSA) is 59.1 Å². The summed E-state index contributed by atoms with van der Waals surface area (Å²) in [5.41, 5.74) is 0. The van der Waals surface area contributed by atoms with Crippen LogP contribution in [0, 0.1) is 0 Å². The largest absolute Gasteiger partial charge is 0.469 e. The van der Waals surface area contributed by atoms with Crippen LogP contribution in [0.15, 0.2) is 0 Å². The van der Waals surface area contributed by atoms with Crippen molar-refractivity contribution in [3.05, 3.63) is 0 Å². The van der Waals surface area contributed by atoms with E-state index in [1.54, 1.807) is 0 Å². The van der Waals surface area contributed by atoms with Crippen LogP contribution in [0.4, 0.5) is 0 Å². The number of nitrogens with zero attached hydrogens (tertiary/aromatic N) is 2. The highest BCUT2D eigenvalue weighted by atomic mass is 16.5. The summed E-state index contributed by atoms with van der Waals surface area (Å²) in [6.45, 7) is 4.17. The summed E-state index contributed by atoms with van der Waals surface area (Å²) in [6, 6.07) is 0. The van der Waals surface area contributed by atoms with Crippen molar-refractivity contribution >= 4 is 11.9 Å². The molecule has 1 atom stereocenters. The number of rotatable bonds is 7. The van der Waals surface area contributed by atoms with Crippen LogP contribution in [0.5, 0.6) is 0 Å². The van der Waals surface area contributed by atoms with Gasteiger partial charge in [0.15, 0.2) is 0 Å². The van der Waals surface area contributed by atoms with E-state index in [1.807, 2.05) is 9.80 Å². The Morgan fingerprint density at radius 1 is 1.35 bits per heavy atom. The Labute approximate surface area is 120 Å². The van der Waals surface area contributed by atoms with E-state index < -0.39 is 0 Å². The predicted octanol–water partition coefficient (Wildman–Crippen LogP) is 0.263. The molecular weight excluding hydrogens is 260 g/mol. The Morgan fingerprint density at radius 3 is 2.70 bits per heavy atom. The average Bonchev–Trinajstić information content (AvgIpc) is 2.86. The lowest BCUT2D eigenvalue weighted by molar-refractivity contribution is -0.142. The van der Waals surface area contributed by atoms with Gasteiger partial charge >= 0.3 is 5.97 Å². The second-order valence-electron chi connectivity index (χ2n) is 5.43. The minimum Gasteiger partial charge on any atom is -0.469 e. The Bertz CT molecular complexity index is 338. The van der Waals surface area contributed by atoms with E-state index in [1.165, 1.54) is 7.11 Å². The van der Waals surface area contributed by atoms with Gasteiger partial charge in [0.2, 0.25) is 5.91 Å². The minimum absolute atomic E-state index is 0.152. The molecule has 2 aliphatic rings. The van der Waals surface area contributed by atoms with Gasteiger partial charge in [-0.15, -0.1) is 0 Å². The molecule has 0 aromatic carbocycles. The first-order valence-electron chi connectivity index (χ1n) is 7.37. The van der Waals surface area contributed by atoms with Crippen LogP contribution < -0.4 is 0 Å². The number of esters is 1. The number of amides is 1. The molecule has 0 bridgehead atoms. The summed E-state index contributed by atoms with van der Waals surface area (Å²) in [5.74, 6) is -0.0853. The van der Waals surface area contributed by atoms with Gasteiger partial charge in [-0.3, -0.25) is 14.5 Å². The zero-order chi connectivity index (χ0) is 14.4. The monoisotopic (exact) mass is 284 g/mol. The Kier molecular flexibility index (Phi) is 5.79. The molecule has 0 N–H and O–H groups in total. The summed E-state index contributed by atoms with van der Waals surface area (Å²) in [7, 11) is 1.39. The van der Waals surface area contributed by atoms with Gasteiger partial charge in [0.1, 0.15) is 0 Å². The van der Waals surface area contributed by atoms with Gasteiger partial charge in [-0.2, -0.15) is 0 Å². The predicted molar refractivity (Wildman–Crippen MR) is 73.2 cm³/mol. The number of hydrogen-bond donors (Lipinski definition) is 0. The third-order valence-electron chi connectivity index (χ3n) is 3.91. The smallest absolute Gasteiger partial charge is 0.306 e. The van der Waals surface area contributed by atoms with Crippen molar-refractivity contribution < 1.29 is 19.1 Å². The molecule has 0 radical (unpaired) electrons. The number of carbonyl (C=O) groups is 2. The number of methoxy groups -OCH3 is 1. The number of likely N-dealkylation sites (tertiary alicyclic amines) is 1. The molecule has 2 fully saturated rings. The van der Waals surface area contributed by atoms with Crippen LogP contribution >= 0.6 is 0 Å². The summed E-state index contributed by atoms with van der Waals surface area (Å²) in [6.07, 6.45) is 3.72. The van der Waals surface area contributed by atoms with E-state index >= 15 is 0 Å². The molecule has 0 aromatic rings. The van der Waals surface area contributed by atoms with Crippen LogP contribution in [-0.2, 0) is 19.1 Å². The van der Waals surface area contributed by atoms with E-state index in [0.29, 0.717) is 19.5 Å². The molecule has 2 heterocycles. The van der Waals surface area contributed by atoms with E-state index in [2.05, 4.69) is 4.74 Å². The van der Waals surface area contributed by atoms with E-state index in [0.717, 1.165) is 45.5 Å². The molecule has 6 heteroatoms. The highest BCUT2D eigenvalue weighted by molar-refractivity contribution is 5.79. The molecule has 114 valence electrons. The average molecular weight is 284 g/mol. The molecule has 2 saturated heterocycles. The third-order valence-corrected chi connectivity index (χ3v) is 3.91. The summed E-state index contributed by atoms with van der Waals surface area (Å²) in [5, 5.41) is 0. The molecule has 0 aliphatic carbocycles. The van der Waals surface area contributed by atoms with E-state index in [-0.39, 0.29) is 18.0 Å². The molecule has 0 spiro atoms. The Hall–Kier alpha value is -1.14. The number of hydrogen-bond acceptors (Lipinski definition) is 5. The van der Waals surface area contributed by atoms with Crippen LogP contribution in [0.25, 0.3) is 0 Å². The lowest BCUT2D eigenvalue weighted by Gasteiger charge is -2.33. The SMILES string of the molecule is COC(=O)CCN(CC(=O)N1CCC1)CC1CCCO1. The summed E-state index contributed by atoms with van der Waals surface area (Å²) < 4.78 is 10.3. The quantitative estimate of drug-likeness (QED) is 0.628. The van der Waals surface area contributed by atoms with Gasteiger partial charge in [-0.05, 0) is 19.3 Å². The maximum atomic E-state index is 12.1. The molecule has 1 unspecified atom stereocenters. The standard InChI is InChI=1S/C14H24N2O4/c1-19-14(18)5-8-15(10-12-4-2-9-20-12)11-13(17)16-6-3-7-16/h12H,2-11H2,1H3. The summed E-state index contributed by atoms with van der Waals surface area (Å²) >= 11 is 0. The first kappa shape index (κ1) is 15.3. The van der Waals surface area contributed by atoms with Gasteiger partial charge in [0.05, 0.1) is 26.2 Å². The van der Waals surface area contributed by atoms with Crippen molar-refractivity contribution in [3.8, 4) is 0 Å². The normalized spacial score (nSPS) is 21.9. The fraction of sp³-hybridized carbons (Fsp3) is 0.857.